The van der Waals surface area contributed by atoms with E-state index in [0.29, 0.717) is 0 Å². The molecule has 1 aromatic heterocycles. The van der Waals surface area contributed by atoms with Crippen LogP contribution < -0.4 is 5.32 Å². The Labute approximate surface area is 113 Å². The predicted octanol–water partition coefficient (Wildman–Crippen LogP) is 2.43. The van der Waals surface area contributed by atoms with Crippen LogP contribution >= 0.6 is 11.6 Å². The molecule has 0 radical (unpaired) electrons. The zero-order valence-corrected chi connectivity index (χ0v) is 11.2. The van der Waals surface area contributed by atoms with E-state index in [1.807, 2.05) is 12.3 Å². The first-order valence-corrected chi connectivity index (χ1v) is 6.84. The summed E-state index contributed by atoms with van der Waals surface area (Å²) in [5.74, 6) is 0. The zero-order chi connectivity index (χ0) is 12.8. The minimum Gasteiger partial charge on any atom is -0.396 e. The maximum atomic E-state index is 8.76. The van der Waals surface area contributed by atoms with Crippen molar-refractivity contribution in [3.05, 3.63) is 34.6 Å². The van der Waals surface area contributed by atoms with Gasteiger partial charge in [-0.2, -0.15) is 0 Å². The van der Waals surface area contributed by atoms with Crippen LogP contribution in [0.4, 0.5) is 0 Å². The number of nitrogens with zero attached hydrogens (tertiary/aromatic N) is 1. The van der Waals surface area contributed by atoms with Gasteiger partial charge >= 0.3 is 0 Å². The van der Waals surface area contributed by atoms with Gasteiger partial charge in [0.15, 0.2) is 0 Å². The summed E-state index contributed by atoms with van der Waals surface area (Å²) >= 11 is 6.30. The molecule has 98 valence electrons. The summed E-state index contributed by atoms with van der Waals surface area (Å²) in [6, 6.07) is 2.00. The topological polar surface area (TPSA) is 45.2 Å². The minimum absolute atomic E-state index is 0.249. The Morgan fingerprint density at radius 3 is 2.94 bits per heavy atom. The van der Waals surface area contributed by atoms with Crippen molar-refractivity contribution in [3.63, 3.8) is 0 Å². The van der Waals surface area contributed by atoms with Crippen LogP contribution in [0.5, 0.6) is 0 Å². The molecule has 3 nitrogen and oxygen atoms in total. The van der Waals surface area contributed by atoms with Crippen LogP contribution in [0.15, 0.2) is 18.3 Å². The minimum atomic E-state index is 0.249. The molecule has 0 bridgehead atoms. The highest BCUT2D eigenvalue weighted by molar-refractivity contribution is 6.32. The molecule has 18 heavy (non-hydrogen) atoms. The van der Waals surface area contributed by atoms with Gasteiger partial charge in [-0.3, -0.25) is 4.98 Å². The molecule has 4 heteroatoms. The van der Waals surface area contributed by atoms with E-state index in [2.05, 4.69) is 16.4 Å². The molecule has 1 aromatic rings. The fourth-order valence-corrected chi connectivity index (χ4v) is 2.44. The first-order chi connectivity index (χ1) is 8.81. The van der Waals surface area contributed by atoms with E-state index < -0.39 is 0 Å². The highest BCUT2D eigenvalue weighted by atomic mass is 35.5. The number of rotatable bonds is 5. The number of unbranched alkanes of at least 4 members (excludes halogenated alkanes) is 1. The van der Waals surface area contributed by atoms with Crippen molar-refractivity contribution < 1.29 is 5.11 Å². The molecule has 0 spiro atoms. The van der Waals surface area contributed by atoms with Gasteiger partial charge in [-0.25, -0.2) is 0 Å². The first-order valence-electron chi connectivity index (χ1n) is 6.46. The van der Waals surface area contributed by atoms with E-state index in [-0.39, 0.29) is 6.61 Å². The van der Waals surface area contributed by atoms with Crippen molar-refractivity contribution in [2.75, 3.05) is 19.7 Å². The Morgan fingerprint density at radius 2 is 2.28 bits per heavy atom. The molecule has 0 amide bonds. The maximum Gasteiger partial charge on any atom is 0.0845 e. The lowest BCUT2D eigenvalue weighted by Crippen LogP contribution is -2.20. The number of pyridine rings is 1. The fourth-order valence-electron chi connectivity index (χ4n) is 2.13. The molecule has 2 rings (SSSR count). The summed E-state index contributed by atoms with van der Waals surface area (Å²) in [7, 11) is 0. The summed E-state index contributed by atoms with van der Waals surface area (Å²) in [5, 5.41) is 12.8. The molecule has 0 unspecified atom stereocenters. The lowest BCUT2D eigenvalue weighted by molar-refractivity contribution is 0.284. The van der Waals surface area contributed by atoms with Gasteiger partial charge in [-0.05, 0) is 49.4 Å². The van der Waals surface area contributed by atoms with Crippen LogP contribution in [0.1, 0.15) is 30.5 Å². The molecule has 0 saturated carbocycles. The zero-order valence-electron chi connectivity index (χ0n) is 10.5. The Morgan fingerprint density at radius 1 is 1.39 bits per heavy atom. The van der Waals surface area contributed by atoms with Crippen LogP contribution in [0.2, 0.25) is 5.02 Å². The third-order valence-electron chi connectivity index (χ3n) is 3.14. The van der Waals surface area contributed by atoms with Crippen LogP contribution in [0.25, 0.3) is 5.57 Å². The van der Waals surface area contributed by atoms with Crippen LogP contribution in [-0.4, -0.2) is 29.8 Å². The van der Waals surface area contributed by atoms with Crippen molar-refractivity contribution >= 4 is 17.2 Å². The Kier molecular flexibility index (Phi) is 5.17. The number of hydrogen-bond acceptors (Lipinski definition) is 3. The molecule has 0 aliphatic carbocycles. The van der Waals surface area contributed by atoms with Gasteiger partial charge < -0.3 is 10.4 Å². The van der Waals surface area contributed by atoms with E-state index in [1.165, 1.54) is 5.57 Å². The van der Waals surface area contributed by atoms with Crippen molar-refractivity contribution in [3.8, 4) is 0 Å². The predicted molar refractivity (Wildman–Crippen MR) is 74.7 cm³/mol. The molecule has 0 fully saturated rings. The second-order valence-corrected chi connectivity index (χ2v) is 4.95. The lowest BCUT2D eigenvalue weighted by Gasteiger charge is -2.15. The second kappa shape index (κ2) is 6.88. The van der Waals surface area contributed by atoms with Gasteiger partial charge in [0, 0.05) is 19.3 Å². The Bertz CT molecular complexity index is 432. The molecule has 2 heterocycles. The van der Waals surface area contributed by atoms with Gasteiger partial charge in [0.05, 0.1) is 10.7 Å². The largest absolute Gasteiger partial charge is 0.396 e. The number of aliphatic hydroxyl groups excluding tert-OH is 1. The summed E-state index contributed by atoms with van der Waals surface area (Å²) < 4.78 is 0. The van der Waals surface area contributed by atoms with Crippen LogP contribution in [0, 0.1) is 0 Å². The van der Waals surface area contributed by atoms with E-state index in [9.17, 15) is 0 Å². The molecular formula is C14H19ClN2O. The van der Waals surface area contributed by atoms with Crippen molar-refractivity contribution in [2.24, 2.45) is 0 Å². The van der Waals surface area contributed by atoms with Crippen molar-refractivity contribution in [2.45, 2.75) is 25.7 Å². The number of hydrogen-bond donors (Lipinski definition) is 2. The Hall–Kier alpha value is -0.900. The summed E-state index contributed by atoms with van der Waals surface area (Å²) in [6.07, 6.45) is 7.77. The number of aromatic nitrogens is 1. The maximum absolute atomic E-state index is 8.76. The molecular weight excluding hydrogens is 248 g/mol. The van der Waals surface area contributed by atoms with E-state index in [1.54, 1.807) is 0 Å². The highest BCUT2D eigenvalue weighted by Crippen LogP contribution is 2.26. The smallest absolute Gasteiger partial charge is 0.0845 e. The number of aliphatic hydroxyl groups is 1. The molecule has 0 saturated heterocycles. The van der Waals surface area contributed by atoms with E-state index >= 15 is 0 Å². The molecule has 1 aliphatic heterocycles. The van der Waals surface area contributed by atoms with Gasteiger partial charge in [0.2, 0.25) is 0 Å². The van der Waals surface area contributed by atoms with E-state index in [0.717, 1.165) is 55.1 Å². The fraction of sp³-hybridized carbons (Fsp3) is 0.500. The number of halogens is 1. The quantitative estimate of drug-likeness (QED) is 0.805. The number of nitrogens with one attached hydrogen (secondary N) is 1. The normalized spacial score (nSPS) is 15.6. The van der Waals surface area contributed by atoms with Gasteiger partial charge in [-0.15, -0.1) is 0 Å². The first kappa shape index (κ1) is 13.5. The number of aryl methyl sites for hydroxylation is 1. The van der Waals surface area contributed by atoms with Crippen LogP contribution in [-0.2, 0) is 6.42 Å². The summed E-state index contributed by atoms with van der Waals surface area (Å²) in [6.45, 7) is 2.13. The standard InChI is InChI=1S/C14H19ClN2O/c15-13-9-11(3-1-2-8-18)10-17-14(13)12-4-6-16-7-5-12/h4,9-10,16,18H,1-3,5-8H2. The lowest BCUT2D eigenvalue weighted by atomic mass is 10.0. The van der Waals surface area contributed by atoms with E-state index in [4.69, 9.17) is 16.7 Å². The van der Waals surface area contributed by atoms with Gasteiger partial charge in [0.25, 0.3) is 0 Å². The van der Waals surface area contributed by atoms with Crippen molar-refractivity contribution in [1.29, 1.82) is 0 Å². The average molecular weight is 267 g/mol. The van der Waals surface area contributed by atoms with Gasteiger partial charge in [0.1, 0.15) is 0 Å². The SMILES string of the molecule is OCCCCc1cnc(C2=CCNCC2)c(Cl)c1. The average Bonchev–Trinajstić information content (AvgIpc) is 2.40. The molecule has 0 atom stereocenters. The second-order valence-electron chi connectivity index (χ2n) is 4.54. The highest BCUT2D eigenvalue weighted by Gasteiger charge is 2.11. The van der Waals surface area contributed by atoms with Crippen molar-refractivity contribution in [1.82, 2.24) is 10.3 Å². The third kappa shape index (κ3) is 3.55. The van der Waals surface area contributed by atoms with Gasteiger partial charge in [-0.1, -0.05) is 17.7 Å². The monoisotopic (exact) mass is 266 g/mol. The molecule has 2 N–H and O–H groups in total. The summed E-state index contributed by atoms with van der Waals surface area (Å²) in [4.78, 5) is 4.49. The third-order valence-corrected chi connectivity index (χ3v) is 3.43. The summed E-state index contributed by atoms with van der Waals surface area (Å²) in [5.41, 5.74) is 3.30. The van der Waals surface area contributed by atoms with Crippen LogP contribution in [0.3, 0.4) is 0 Å². The Balaban J connectivity index is 2.07. The molecule has 0 aromatic carbocycles. The molecule has 1 aliphatic rings.